The molecule has 0 saturated carbocycles. The molecule has 0 radical (unpaired) electrons. The van der Waals surface area contributed by atoms with Crippen molar-refractivity contribution in [1.82, 2.24) is 9.55 Å². The van der Waals surface area contributed by atoms with Crippen molar-refractivity contribution >= 4 is 44.7 Å². The smallest absolute Gasteiger partial charge is 0.266 e. The minimum absolute atomic E-state index is 0.287. The van der Waals surface area contributed by atoms with E-state index in [-0.39, 0.29) is 17.4 Å². The fraction of sp³-hybridized carbons (Fsp3) is 0.259. The molecule has 2 amide bonds. The van der Waals surface area contributed by atoms with Crippen LogP contribution in [-0.4, -0.2) is 21.4 Å². The zero-order valence-electron chi connectivity index (χ0n) is 20.4. The maximum Gasteiger partial charge on any atom is 0.266 e. The van der Waals surface area contributed by atoms with Crippen LogP contribution in [0, 0.1) is 20.8 Å². The molecule has 1 atom stereocenters. The van der Waals surface area contributed by atoms with Crippen LogP contribution in [0.2, 0.25) is 0 Å². The molecule has 0 aliphatic heterocycles. The summed E-state index contributed by atoms with van der Waals surface area (Å²) in [7, 11) is 0. The van der Waals surface area contributed by atoms with Crippen LogP contribution in [0.15, 0.2) is 53.6 Å². The van der Waals surface area contributed by atoms with Crippen molar-refractivity contribution in [2.75, 3.05) is 10.6 Å². The number of hydrogen-bond acceptors (Lipinski definition) is 5. The highest BCUT2D eigenvalue weighted by molar-refractivity contribution is 7.20. The van der Waals surface area contributed by atoms with E-state index in [2.05, 4.69) is 22.5 Å². The molecule has 35 heavy (non-hydrogen) atoms. The molecule has 2 aromatic heterocycles. The van der Waals surface area contributed by atoms with Gasteiger partial charge in [0.2, 0.25) is 5.91 Å². The molecule has 0 bridgehead atoms. The second-order valence-electron chi connectivity index (χ2n) is 8.68. The van der Waals surface area contributed by atoms with E-state index in [0.29, 0.717) is 26.3 Å². The number of nitrogens with zero attached hydrogens (tertiary/aromatic N) is 2. The monoisotopic (exact) mass is 488 g/mol. The summed E-state index contributed by atoms with van der Waals surface area (Å²) in [5.41, 5.74) is 4.84. The van der Waals surface area contributed by atoms with Crippen LogP contribution >= 0.6 is 11.3 Å². The number of benzene rings is 2. The summed E-state index contributed by atoms with van der Waals surface area (Å²) in [4.78, 5) is 44.5. The first-order chi connectivity index (χ1) is 16.7. The van der Waals surface area contributed by atoms with Crippen molar-refractivity contribution in [3.63, 3.8) is 0 Å². The van der Waals surface area contributed by atoms with Crippen molar-refractivity contribution in [3.05, 3.63) is 86.3 Å². The third kappa shape index (κ3) is 4.88. The summed E-state index contributed by atoms with van der Waals surface area (Å²) in [5.74, 6) is -0.608. The topological polar surface area (TPSA) is 93.1 Å². The molecule has 2 N–H and O–H groups in total. The average Bonchev–Trinajstić information content (AvgIpc) is 3.18. The van der Waals surface area contributed by atoms with Gasteiger partial charge >= 0.3 is 0 Å². The molecule has 0 aliphatic carbocycles. The highest BCUT2D eigenvalue weighted by Gasteiger charge is 2.23. The Morgan fingerprint density at radius 1 is 1.06 bits per heavy atom. The Morgan fingerprint density at radius 2 is 1.77 bits per heavy atom. The van der Waals surface area contributed by atoms with Gasteiger partial charge in [-0.25, -0.2) is 4.98 Å². The third-order valence-electron chi connectivity index (χ3n) is 6.14. The van der Waals surface area contributed by atoms with Crippen LogP contribution in [0.1, 0.15) is 51.8 Å². The van der Waals surface area contributed by atoms with E-state index in [4.69, 9.17) is 0 Å². The van der Waals surface area contributed by atoms with Gasteiger partial charge in [-0.3, -0.25) is 19.0 Å². The molecule has 4 aromatic rings. The van der Waals surface area contributed by atoms with Gasteiger partial charge in [0.15, 0.2) is 0 Å². The molecule has 0 aliphatic rings. The van der Waals surface area contributed by atoms with Crippen LogP contribution in [-0.2, 0) is 11.2 Å². The Balaban J connectivity index is 1.60. The van der Waals surface area contributed by atoms with Gasteiger partial charge < -0.3 is 10.6 Å². The molecule has 2 heterocycles. The van der Waals surface area contributed by atoms with Gasteiger partial charge in [-0.2, -0.15) is 0 Å². The Hall–Kier alpha value is -3.78. The zero-order chi connectivity index (χ0) is 25.3. The lowest BCUT2D eigenvalue weighted by molar-refractivity contribution is -0.118. The molecule has 4 rings (SSSR count). The van der Waals surface area contributed by atoms with Gasteiger partial charge in [0.25, 0.3) is 11.5 Å². The van der Waals surface area contributed by atoms with Crippen LogP contribution in [0.5, 0.6) is 0 Å². The van der Waals surface area contributed by atoms with Crippen molar-refractivity contribution in [2.45, 2.75) is 47.1 Å². The molecular formula is C27H28N4O3S. The number of hydrogen-bond donors (Lipinski definition) is 2. The predicted molar refractivity (Wildman–Crippen MR) is 142 cm³/mol. The number of fused-ring (bicyclic) bond motifs is 1. The number of carbonyl (C=O) groups is 2. The standard InChI is InChI=1S/C27H28N4O3S/c1-6-19-8-10-20(11-9-19)29-24(32)18(5)31-14-28-26-22(27(31)34)17(4)23(35-26)25(33)30-21-12-7-15(2)13-16(21)3/h7-14,18H,6H2,1-5H3,(H,29,32)(H,30,33). The second kappa shape index (κ2) is 9.84. The Kier molecular flexibility index (Phi) is 6.84. The Labute approximate surface area is 207 Å². The van der Waals surface area contributed by atoms with Crippen molar-refractivity contribution in [2.24, 2.45) is 0 Å². The van der Waals surface area contributed by atoms with Gasteiger partial charge in [-0.05, 0) is 69.0 Å². The first-order valence-corrected chi connectivity index (χ1v) is 12.3. The minimum Gasteiger partial charge on any atom is -0.324 e. The number of aryl methyl sites for hydroxylation is 4. The van der Waals surface area contributed by atoms with Crippen LogP contribution in [0.4, 0.5) is 11.4 Å². The van der Waals surface area contributed by atoms with Crippen molar-refractivity contribution in [3.8, 4) is 0 Å². The number of thiophene rings is 1. The van der Waals surface area contributed by atoms with Crippen LogP contribution < -0.4 is 16.2 Å². The first kappa shape index (κ1) is 24.3. The summed E-state index contributed by atoms with van der Waals surface area (Å²) in [6.45, 7) is 9.39. The number of aromatic nitrogens is 2. The Morgan fingerprint density at radius 3 is 2.43 bits per heavy atom. The predicted octanol–water partition coefficient (Wildman–Crippen LogP) is 5.40. The molecule has 7 nitrogen and oxygen atoms in total. The lowest BCUT2D eigenvalue weighted by atomic mass is 10.1. The molecular weight excluding hydrogens is 460 g/mol. The second-order valence-corrected chi connectivity index (χ2v) is 9.68. The fourth-order valence-corrected chi connectivity index (χ4v) is 4.99. The zero-order valence-corrected chi connectivity index (χ0v) is 21.2. The maximum atomic E-state index is 13.3. The molecule has 0 fully saturated rings. The molecule has 8 heteroatoms. The Bertz CT molecular complexity index is 1490. The van der Waals surface area contributed by atoms with E-state index in [1.54, 1.807) is 13.8 Å². The lowest BCUT2D eigenvalue weighted by Crippen LogP contribution is -2.31. The molecule has 180 valence electrons. The minimum atomic E-state index is -0.781. The highest BCUT2D eigenvalue weighted by atomic mass is 32.1. The number of nitrogens with one attached hydrogen (secondary N) is 2. The quantitative estimate of drug-likeness (QED) is 0.380. The molecule has 0 spiro atoms. The lowest BCUT2D eigenvalue weighted by Gasteiger charge is -2.15. The van der Waals surface area contributed by atoms with Crippen molar-refractivity contribution in [1.29, 1.82) is 0 Å². The third-order valence-corrected chi connectivity index (χ3v) is 7.34. The van der Waals surface area contributed by atoms with E-state index < -0.39 is 6.04 Å². The van der Waals surface area contributed by atoms with E-state index in [9.17, 15) is 14.4 Å². The van der Waals surface area contributed by atoms with Gasteiger partial charge in [0, 0.05) is 11.4 Å². The summed E-state index contributed by atoms with van der Waals surface area (Å²) < 4.78 is 1.31. The van der Waals surface area contributed by atoms with E-state index in [0.717, 1.165) is 23.2 Å². The number of rotatable bonds is 6. The first-order valence-electron chi connectivity index (χ1n) is 11.5. The maximum absolute atomic E-state index is 13.3. The SMILES string of the molecule is CCc1ccc(NC(=O)C(C)n2cnc3sc(C(=O)Nc4ccc(C)cc4C)c(C)c3c2=O)cc1. The highest BCUT2D eigenvalue weighted by Crippen LogP contribution is 2.28. The summed E-state index contributed by atoms with van der Waals surface area (Å²) in [6, 6.07) is 12.6. The summed E-state index contributed by atoms with van der Waals surface area (Å²) in [5, 5.41) is 6.15. The fourth-order valence-electron chi connectivity index (χ4n) is 3.96. The number of anilines is 2. The van der Waals surface area contributed by atoms with Crippen LogP contribution in [0.25, 0.3) is 10.2 Å². The summed E-state index contributed by atoms with van der Waals surface area (Å²) in [6.07, 6.45) is 2.28. The van der Waals surface area contributed by atoms with Gasteiger partial charge in [-0.1, -0.05) is 36.8 Å². The van der Waals surface area contributed by atoms with Crippen molar-refractivity contribution < 1.29 is 9.59 Å². The van der Waals surface area contributed by atoms with E-state index >= 15 is 0 Å². The average molecular weight is 489 g/mol. The van der Waals surface area contributed by atoms with Crippen LogP contribution in [0.3, 0.4) is 0 Å². The van der Waals surface area contributed by atoms with Gasteiger partial charge in [0.1, 0.15) is 10.9 Å². The largest absolute Gasteiger partial charge is 0.324 e. The van der Waals surface area contributed by atoms with E-state index in [1.807, 2.05) is 56.3 Å². The normalized spacial score (nSPS) is 11.9. The van der Waals surface area contributed by atoms with Gasteiger partial charge in [0.05, 0.1) is 16.6 Å². The molecule has 0 saturated heterocycles. The molecule has 1 unspecified atom stereocenters. The van der Waals surface area contributed by atoms with Gasteiger partial charge in [-0.15, -0.1) is 11.3 Å². The number of carbonyl (C=O) groups excluding carboxylic acids is 2. The van der Waals surface area contributed by atoms with E-state index in [1.165, 1.54) is 27.8 Å². The molecule has 2 aromatic carbocycles. The summed E-state index contributed by atoms with van der Waals surface area (Å²) >= 11 is 1.17. The number of amides is 2.